The summed E-state index contributed by atoms with van der Waals surface area (Å²) in [5.74, 6) is -0.588. The highest BCUT2D eigenvalue weighted by Crippen LogP contribution is 2.18. The summed E-state index contributed by atoms with van der Waals surface area (Å²) in [5.41, 5.74) is 0. The molecule has 0 rings (SSSR count). The van der Waals surface area contributed by atoms with Crippen LogP contribution >= 0.6 is 0 Å². The van der Waals surface area contributed by atoms with Crippen molar-refractivity contribution < 1.29 is 25.2 Å². The molecule has 6 heteroatoms. The Hall–Kier alpha value is -1.21. The van der Waals surface area contributed by atoms with Crippen LogP contribution in [0.3, 0.4) is 0 Å². The molecule has 0 aromatic heterocycles. The van der Waals surface area contributed by atoms with Gasteiger partial charge in [0.1, 0.15) is 12.2 Å². The molecule has 0 aliphatic rings. The van der Waals surface area contributed by atoms with Crippen molar-refractivity contribution in [3.63, 3.8) is 0 Å². The highest BCUT2D eigenvalue weighted by molar-refractivity contribution is 5.80. The summed E-state index contributed by atoms with van der Waals surface area (Å²) in [7, 11) is 0. The largest absolute Gasteiger partial charge is 0.394 e. The molecule has 4 unspecified atom stereocenters. The van der Waals surface area contributed by atoms with Gasteiger partial charge in [0.2, 0.25) is 5.91 Å². The van der Waals surface area contributed by atoms with E-state index in [0.29, 0.717) is 12.8 Å². The van der Waals surface area contributed by atoms with E-state index >= 15 is 0 Å². The van der Waals surface area contributed by atoms with Gasteiger partial charge in [0, 0.05) is 0 Å². The molecular weight excluding hydrogens is 815 g/mol. The molecule has 66 heavy (non-hydrogen) atoms. The molecule has 0 aromatic rings. The molecule has 0 bridgehead atoms. The lowest BCUT2D eigenvalue weighted by Gasteiger charge is -2.27. The van der Waals surface area contributed by atoms with Gasteiger partial charge in [0.25, 0.3) is 0 Å². The number of allylic oxidation sites excluding steroid dienone is 4. The summed E-state index contributed by atoms with van der Waals surface area (Å²) in [5, 5.41) is 44.0. The molecule has 0 fully saturated rings. The third-order valence-electron chi connectivity index (χ3n) is 14.1. The number of carbonyl (C=O) groups is 1. The number of rotatable bonds is 55. The molecular formula is C60H117NO5. The Morgan fingerprint density at radius 2 is 0.621 bits per heavy atom. The van der Waals surface area contributed by atoms with Gasteiger partial charge >= 0.3 is 0 Å². The van der Waals surface area contributed by atoms with Crippen molar-refractivity contribution in [2.24, 2.45) is 0 Å². The Kier molecular flexibility index (Phi) is 53.7. The fourth-order valence-electron chi connectivity index (χ4n) is 9.46. The van der Waals surface area contributed by atoms with Crippen molar-refractivity contribution in [2.75, 3.05) is 6.61 Å². The maximum absolute atomic E-state index is 12.6. The zero-order chi connectivity index (χ0) is 48.1. The standard InChI is InChI=1S/C60H117NO5/c1-3-5-7-9-11-13-15-17-19-21-23-24-25-26-27-28-29-30-31-32-33-34-35-36-38-40-42-44-46-48-50-52-54-58(64)60(66)61-56(55-62)59(65)57(63)53-51-49-47-45-43-41-39-37-22-20-18-16-14-12-10-8-6-4-2/h26-27,45,47,56-59,62-65H,3-25,28-44,46,48-55H2,1-2H3,(H,61,66)/b27-26-,47-45+. The molecule has 6 nitrogen and oxygen atoms in total. The van der Waals surface area contributed by atoms with E-state index in [1.165, 1.54) is 257 Å². The smallest absolute Gasteiger partial charge is 0.249 e. The van der Waals surface area contributed by atoms with Crippen molar-refractivity contribution in [2.45, 2.75) is 346 Å². The first-order chi connectivity index (χ1) is 32.5. The van der Waals surface area contributed by atoms with Crippen LogP contribution in [0.4, 0.5) is 0 Å². The van der Waals surface area contributed by atoms with E-state index in [4.69, 9.17) is 0 Å². The van der Waals surface area contributed by atoms with Gasteiger partial charge in [0.05, 0.1) is 18.8 Å². The minimum Gasteiger partial charge on any atom is -0.394 e. The van der Waals surface area contributed by atoms with Gasteiger partial charge in [-0.15, -0.1) is 0 Å². The van der Waals surface area contributed by atoms with Gasteiger partial charge in [-0.05, 0) is 64.2 Å². The summed E-state index contributed by atoms with van der Waals surface area (Å²) < 4.78 is 0. The Balaban J connectivity index is 3.58. The Labute approximate surface area is 412 Å². The first kappa shape index (κ1) is 64.8. The number of aliphatic hydroxyl groups excluding tert-OH is 4. The van der Waals surface area contributed by atoms with Gasteiger partial charge in [0.15, 0.2) is 0 Å². The molecule has 392 valence electrons. The Morgan fingerprint density at radius 1 is 0.364 bits per heavy atom. The lowest BCUT2D eigenvalue weighted by molar-refractivity contribution is -0.132. The van der Waals surface area contributed by atoms with E-state index in [1.54, 1.807) is 0 Å². The average molecular weight is 933 g/mol. The van der Waals surface area contributed by atoms with E-state index in [-0.39, 0.29) is 0 Å². The predicted molar refractivity (Wildman–Crippen MR) is 288 cm³/mol. The van der Waals surface area contributed by atoms with Gasteiger partial charge < -0.3 is 25.7 Å². The fourth-order valence-corrected chi connectivity index (χ4v) is 9.46. The van der Waals surface area contributed by atoms with Crippen LogP contribution in [0.1, 0.15) is 322 Å². The second-order valence-corrected chi connectivity index (χ2v) is 20.7. The molecule has 0 aromatic carbocycles. The molecule has 0 heterocycles. The maximum atomic E-state index is 12.6. The minimum absolute atomic E-state index is 0.366. The second-order valence-electron chi connectivity index (χ2n) is 20.7. The molecule has 0 radical (unpaired) electrons. The van der Waals surface area contributed by atoms with Crippen LogP contribution in [0.25, 0.3) is 0 Å². The van der Waals surface area contributed by atoms with Crippen LogP contribution in [0.5, 0.6) is 0 Å². The zero-order valence-electron chi connectivity index (χ0n) is 44.5. The van der Waals surface area contributed by atoms with Crippen LogP contribution < -0.4 is 5.32 Å². The summed E-state index contributed by atoms with van der Waals surface area (Å²) in [6, 6.07) is -1.00. The fraction of sp³-hybridized carbons (Fsp3) is 0.917. The summed E-state index contributed by atoms with van der Waals surface area (Å²) in [4.78, 5) is 12.6. The number of carbonyl (C=O) groups excluding carboxylic acids is 1. The van der Waals surface area contributed by atoms with Crippen molar-refractivity contribution >= 4 is 5.91 Å². The molecule has 0 aliphatic heterocycles. The van der Waals surface area contributed by atoms with Gasteiger partial charge in [-0.3, -0.25) is 4.79 Å². The van der Waals surface area contributed by atoms with Gasteiger partial charge in [-0.1, -0.05) is 282 Å². The van der Waals surface area contributed by atoms with E-state index < -0.39 is 36.9 Å². The van der Waals surface area contributed by atoms with Gasteiger partial charge in [-0.25, -0.2) is 0 Å². The number of nitrogens with one attached hydrogen (secondary N) is 1. The average Bonchev–Trinajstić information content (AvgIpc) is 3.32. The van der Waals surface area contributed by atoms with E-state index in [1.807, 2.05) is 0 Å². The van der Waals surface area contributed by atoms with E-state index in [2.05, 4.69) is 43.5 Å². The minimum atomic E-state index is -1.28. The van der Waals surface area contributed by atoms with Crippen LogP contribution in [0.15, 0.2) is 24.3 Å². The van der Waals surface area contributed by atoms with Crippen molar-refractivity contribution in [3.8, 4) is 0 Å². The van der Waals surface area contributed by atoms with Crippen molar-refractivity contribution in [3.05, 3.63) is 24.3 Å². The topological polar surface area (TPSA) is 110 Å². The molecule has 5 N–H and O–H groups in total. The lowest BCUT2D eigenvalue weighted by atomic mass is 10.00. The number of hydrogen-bond acceptors (Lipinski definition) is 5. The second kappa shape index (κ2) is 54.7. The van der Waals surface area contributed by atoms with Gasteiger partial charge in [-0.2, -0.15) is 0 Å². The summed E-state index contributed by atoms with van der Waals surface area (Å²) >= 11 is 0. The monoisotopic (exact) mass is 932 g/mol. The van der Waals surface area contributed by atoms with Crippen LogP contribution in [0, 0.1) is 0 Å². The van der Waals surface area contributed by atoms with Crippen LogP contribution in [-0.2, 0) is 4.79 Å². The van der Waals surface area contributed by atoms with Crippen molar-refractivity contribution in [1.29, 1.82) is 0 Å². The number of hydrogen-bond donors (Lipinski definition) is 5. The SMILES string of the molecule is CCCCCCCCCCCCCC/C=C\CCCCCCCCCCCCCCCCCCC(O)C(=O)NC(CO)C(O)C(O)CCC/C=C/CCCCCCCCCCCCCCC. The molecule has 1 amide bonds. The van der Waals surface area contributed by atoms with Crippen molar-refractivity contribution in [1.82, 2.24) is 5.32 Å². The molecule has 0 saturated heterocycles. The zero-order valence-corrected chi connectivity index (χ0v) is 44.5. The summed E-state index contributed by atoms with van der Waals surface area (Å²) in [6.45, 7) is 4.08. The Morgan fingerprint density at radius 3 is 0.909 bits per heavy atom. The number of unbranched alkanes of at least 4 members (excludes halogenated alkanes) is 42. The molecule has 0 aliphatic carbocycles. The quantitative estimate of drug-likeness (QED) is 0.0308. The van der Waals surface area contributed by atoms with E-state index in [0.717, 1.165) is 38.5 Å². The van der Waals surface area contributed by atoms with Crippen LogP contribution in [-0.4, -0.2) is 57.3 Å². The predicted octanol–water partition coefficient (Wildman–Crippen LogP) is 17.4. The first-order valence-electron chi connectivity index (χ1n) is 29.7. The molecule has 0 spiro atoms. The number of aliphatic hydroxyl groups is 4. The van der Waals surface area contributed by atoms with Crippen LogP contribution in [0.2, 0.25) is 0 Å². The summed E-state index contributed by atoms with van der Waals surface area (Å²) in [6.07, 6.45) is 66.9. The molecule has 0 saturated carbocycles. The highest BCUT2D eigenvalue weighted by atomic mass is 16.3. The number of amides is 1. The normalized spacial score (nSPS) is 13.8. The molecule has 4 atom stereocenters. The first-order valence-corrected chi connectivity index (χ1v) is 29.7. The third kappa shape index (κ3) is 47.8. The van der Waals surface area contributed by atoms with E-state index in [9.17, 15) is 25.2 Å². The Bertz CT molecular complexity index is 1000. The lowest BCUT2D eigenvalue weighted by Crippen LogP contribution is -2.53. The third-order valence-corrected chi connectivity index (χ3v) is 14.1. The highest BCUT2D eigenvalue weighted by Gasteiger charge is 2.28. The maximum Gasteiger partial charge on any atom is 0.249 e.